The minimum Gasteiger partial charge on any atom is -0.481 e. The molecule has 0 unspecified atom stereocenters. The van der Waals surface area contributed by atoms with E-state index in [1.807, 2.05) is 37.3 Å². The first-order valence-electron chi connectivity index (χ1n) is 10.6. The summed E-state index contributed by atoms with van der Waals surface area (Å²) < 4.78 is 1.71. The van der Waals surface area contributed by atoms with Crippen molar-refractivity contribution in [3.05, 3.63) is 52.8 Å². The second kappa shape index (κ2) is 11.0. The Labute approximate surface area is 187 Å². The number of aliphatic hydroxyl groups excluding tert-OH is 1. The number of amides is 1. The molecule has 1 amide bonds. The smallest absolute Gasteiger partial charge is 0.300 e. The van der Waals surface area contributed by atoms with Crippen LogP contribution < -0.4 is 10.6 Å². The fourth-order valence-electron chi connectivity index (χ4n) is 4.10. The standard InChI is InChI=1S/C21H28N4O3.C2H4O2/c1-14-20(16(3)26)15(2)25(24-14)12-9-19(28)23-21(10-11-22-13-18(21)27)17-7-5-4-6-8-17;1-2(3)4/h4-8,18,22,27H,9-13H2,1-3H3,(H,23,28);1H3,(H,3,4)/t18-,21-;/m1./s1. The highest BCUT2D eigenvalue weighted by molar-refractivity contribution is 5.96. The van der Waals surface area contributed by atoms with Gasteiger partial charge in [-0.1, -0.05) is 30.3 Å². The summed E-state index contributed by atoms with van der Waals surface area (Å²) in [6.45, 7) is 7.77. The molecule has 32 heavy (non-hydrogen) atoms. The van der Waals surface area contributed by atoms with E-state index < -0.39 is 17.6 Å². The van der Waals surface area contributed by atoms with E-state index in [9.17, 15) is 14.7 Å². The zero-order valence-corrected chi connectivity index (χ0v) is 19.0. The van der Waals surface area contributed by atoms with Crippen LogP contribution in [0.3, 0.4) is 0 Å². The molecule has 1 fully saturated rings. The highest BCUT2D eigenvalue weighted by Crippen LogP contribution is 2.31. The minimum absolute atomic E-state index is 0.0217. The fourth-order valence-corrected chi connectivity index (χ4v) is 4.10. The number of aliphatic hydroxyl groups is 1. The molecule has 9 nitrogen and oxygen atoms in total. The number of nitrogens with one attached hydrogen (secondary N) is 2. The van der Waals surface area contributed by atoms with Crippen molar-refractivity contribution < 1.29 is 24.6 Å². The van der Waals surface area contributed by atoms with Gasteiger partial charge in [0.25, 0.3) is 5.97 Å². The predicted octanol–water partition coefficient (Wildman–Crippen LogP) is 1.55. The lowest BCUT2D eigenvalue weighted by Crippen LogP contribution is -2.61. The highest BCUT2D eigenvalue weighted by Gasteiger charge is 2.42. The predicted molar refractivity (Wildman–Crippen MR) is 119 cm³/mol. The molecule has 1 aliphatic rings. The van der Waals surface area contributed by atoms with Crippen LogP contribution >= 0.6 is 0 Å². The third-order valence-electron chi connectivity index (χ3n) is 5.54. The molecule has 0 radical (unpaired) electrons. The second-order valence-electron chi connectivity index (χ2n) is 7.95. The molecular formula is C23H32N4O5. The zero-order chi connectivity index (χ0) is 23.9. The number of aliphatic carboxylic acids is 1. The summed E-state index contributed by atoms with van der Waals surface area (Å²) in [4.78, 5) is 33.6. The van der Waals surface area contributed by atoms with Crippen molar-refractivity contribution in [2.75, 3.05) is 13.1 Å². The molecule has 1 aromatic heterocycles. The van der Waals surface area contributed by atoms with Crippen LogP contribution in [0.5, 0.6) is 0 Å². The average Bonchev–Trinajstić information content (AvgIpc) is 3.02. The van der Waals surface area contributed by atoms with E-state index in [1.165, 1.54) is 6.92 Å². The van der Waals surface area contributed by atoms with E-state index in [2.05, 4.69) is 15.7 Å². The Balaban J connectivity index is 0.000000837. The van der Waals surface area contributed by atoms with Gasteiger partial charge in [0.2, 0.25) is 5.91 Å². The molecule has 174 valence electrons. The van der Waals surface area contributed by atoms with Gasteiger partial charge in [-0.2, -0.15) is 5.10 Å². The number of carboxylic acid groups (broad SMARTS) is 1. The van der Waals surface area contributed by atoms with Gasteiger partial charge in [-0.25, -0.2) is 0 Å². The van der Waals surface area contributed by atoms with Crippen LogP contribution in [0.25, 0.3) is 0 Å². The normalized spacial score (nSPS) is 20.1. The molecule has 0 saturated carbocycles. The topological polar surface area (TPSA) is 134 Å². The number of carbonyl (C=O) groups is 3. The Kier molecular flexibility index (Phi) is 8.68. The molecule has 1 saturated heterocycles. The number of hydrogen-bond donors (Lipinski definition) is 4. The summed E-state index contributed by atoms with van der Waals surface area (Å²) in [5.41, 5.74) is 2.18. The molecule has 0 bridgehead atoms. The number of ketones is 1. The van der Waals surface area contributed by atoms with Gasteiger partial charge in [0.05, 0.1) is 22.9 Å². The number of Topliss-reactive ketones (excluding diaryl/α,β-unsaturated/α-hetero) is 1. The van der Waals surface area contributed by atoms with E-state index in [1.54, 1.807) is 11.6 Å². The molecule has 2 heterocycles. The maximum Gasteiger partial charge on any atom is 0.300 e. The number of benzene rings is 1. The van der Waals surface area contributed by atoms with Crippen molar-refractivity contribution in [1.29, 1.82) is 0 Å². The molecule has 4 N–H and O–H groups in total. The Hall–Kier alpha value is -3.04. The minimum atomic E-state index is -0.833. The van der Waals surface area contributed by atoms with Crippen LogP contribution in [0.1, 0.15) is 54.0 Å². The van der Waals surface area contributed by atoms with Crippen molar-refractivity contribution >= 4 is 17.7 Å². The van der Waals surface area contributed by atoms with Gasteiger partial charge in [0.15, 0.2) is 5.78 Å². The number of hydrogen-bond acceptors (Lipinski definition) is 6. The van der Waals surface area contributed by atoms with Crippen molar-refractivity contribution in [1.82, 2.24) is 20.4 Å². The summed E-state index contributed by atoms with van der Waals surface area (Å²) in [6, 6.07) is 9.63. The number of nitrogens with zero attached hydrogens (tertiary/aromatic N) is 2. The van der Waals surface area contributed by atoms with Gasteiger partial charge in [-0.3, -0.25) is 19.1 Å². The van der Waals surface area contributed by atoms with Gasteiger partial charge >= 0.3 is 0 Å². The molecule has 2 atom stereocenters. The van der Waals surface area contributed by atoms with E-state index in [-0.39, 0.29) is 18.1 Å². The van der Waals surface area contributed by atoms with Crippen LogP contribution in [0.2, 0.25) is 0 Å². The zero-order valence-electron chi connectivity index (χ0n) is 19.0. The van der Waals surface area contributed by atoms with Gasteiger partial charge in [-0.05, 0) is 39.3 Å². The van der Waals surface area contributed by atoms with Gasteiger partial charge in [-0.15, -0.1) is 0 Å². The molecule has 9 heteroatoms. The Bertz CT molecular complexity index is 953. The molecule has 2 aromatic rings. The molecular weight excluding hydrogens is 412 g/mol. The SMILES string of the molecule is CC(=O)O.CC(=O)c1c(C)nn(CCC(=O)N[C@@]2(c3ccccc3)CCNC[C@H]2O)c1C. The van der Waals surface area contributed by atoms with Crippen LogP contribution in [0.4, 0.5) is 0 Å². The first-order valence-corrected chi connectivity index (χ1v) is 10.6. The molecule has 1 aliphatic heterocycles. The monoisotopic (exact) mass is 444 g/mol. The van der Waals surface area contributed by atoms with Crippen LogP contribution in [-0.4, -0.2) is 56.8 Å². The quantitative estimate of drug-likeness (QED) is 0.497. The summed E-state index contributed by atoms with van der Waals surface area (Å²) in [7, 11) is 0. The molecule has 0 aliphatic carbocycles. The maximum atomic E-state index is 12.8. The average molecular weight is 445 g/mol. The van der Waals surface area contributed by atoms with Crippen molar-refractivity contribution in [2.45, 2.75) is 58.7 Å². The number of carbonyl (C=O) groups excluding carboxylic acids is 2. The number of piperidine rings is 1. The fraction of sp³-hybridized carbons (Fsp3) is 0.478. The lowest BCUT2D eigenvalue weighted by molar-refractivity contribution is -0.134. The van der Waals surface area contributed by atoms with Crippen molar-refractivity contribution in [2.24, 2.45) is 0 Å². The summed E-state index contributed by atoms with van der Waals surface area (Å²) in [6.07, 6.45) is 0.109. The maximum absolute atomic E-state index is 12.8. The summed E-state index contributed by atoms with van der Waals surface area (Å²) in [5, 5.41) is 28.8. The van der Waals surface area contributed by atoms with E-state index in [0.29, 0.717) is 37.3 Å². The number of rotatable bonds is 6. The number of aromatic nitrogens is 2. The Morgan fingerprint density at radius 2 is 1.84 bits per heavy atom. The van der Waals surface area contributed by atoms with Crippen molar-refractivity contribution in [3.63, 3.8) is 0 Å². The number of β-amino-alcohol motifs (C(OH)–C–C–N with tert-alkyl or cyclic N) is 1. The van der Waals surface area contributed by atoms with E-state index >= 15 is 0 Å². The van der Waals surface area contributed by atoms with Crippen LogP contribution in [-0.2, 0) is 21.7 Å². The number of carboxylic acids is 1. The summed E-state index contributed by atoms with van der Waals surface area (Å²) in [5.74, 6) is -1.01. The van der Waals surface area contributed by atoms with Crippen molar-refractivity contribution in [3.8, 4) is 0 Å². The molecule has 3 rings (SSSR count). The Morgan fingerprint density at radius 3 is 2.38 bits per heavy atom. The van der Waals surface area contributed by atoms with Gasteiger partial charge in [0.1, 0.15) is 0 Å². The van der Waals surface area contributed by atoms with Gasteiger partial charge in [0, 0.05) is 32.1 Å². The first kappa shape index (κ1) is 25.2. The van der Waals surface area contributed by atoms with E-state index in [0.717, 1.165) is 18.2 Å². The first-order chi connectivity index (χ1) is 15.1. The largest absolute Gasteiger partial charge is 0.481 e. The molecule has 1 aromatic carbocycles. The highest BCUT2D eigenvalue weighted by atomic mass is 16.4. The third kappa shape index (κ3) is 6.02. The lowest BCUT2D eigenvalue weighted by atomic mass is 9.79. The summed E-state index contributed by atoms with van der Waals surface area (Å²) >= 11 is 0. The molecule has 0 spiro atoms. The van der Waals surface area contributed by atoms with E-state index in [4.69, 9.17) is 9.90 Å². The Morgan fingerprint density at radius 1 is 1.22 bits per heavy atom. The van der Waals surface area contributed by atoms with Gasteiger partial charge < -0.3 is 20.8 Å². The second-order valence-corrected chi connectivity index (χ2v) is 7.95. The lowest BCUT2D eigenvalue weighted by Gasteiger charge is -2.43. The number of aryl methyl sites for hydroxylation is 2. The van der Waals surface area contributed by atoms with Crippen LogP contribution in [0, 0.1) is 13.8 Å². The van der Waals surface area contributed by atoms with Crippen LogP contribution in [0.15, 0.2) is 30.3 Å². The third-order valence-corrected chi connectivity index (χ3v) is 5.54.